The van der Waals surface area contributed by atoms with Crippen LogP contribution in [0, 0.1) is 6.92 Å². The van der Waals surface area contributed by atoms with Crippen molar-refractivity contribution in [3.63, 3.8) is 0 Å². The molecule has 0 unspecified atom stereocenters. The van der Waals surface area contributed by atoms with Gasteiger partial charge in [-0.3, -0.25) is 4.72 Å². The zero-order valence-electron chi connectivity index (χ0n) is 13.2. The average molecular weight is 318 g/mol. The first-order chi connectivity index (χ1) is 10.5. The molecule has 5 heteroatoms. The maximum atomic E-state index is 12.4. The average Bonchev–Trinajstić information content (AvgIpc) is 2.52. The predicted molar refractivity (Wildman–Crippen MR) is 92.0 cm³/mol. The van der Waals surface area contributed by atoms with Crippen LogP contribution in [-0.4, -0.2) is 21.5 Å². The number of sulfonamides is 1. The molecule has 2 aromatic carbocycles. The minimum absolute atomic E-state index is 0.266. The Morgan fingerprint density at radius 1 is 1.00 bits per heavy atom. The third kappa shape index (κ3) is 3.60. The third-order valence-corrected chi connectivity index (χ3v) is 5.02. The van der Waals surface area contributed by atoms with Gasteiger partial charge in [-0.1, -0.05) is 18.2 Å². The molecule has 2 rings (SSSR count). The molecule has 0 bridgehead atoms. The maximum absolute atomic E-state index is 12.4. The Kier molecular flexibility index (Phi) is 5.08. The lowest BCUT2D eigenvalue weighted by molar-refractivity contribution is 0.601. The molecular weight excluding hydrogens is 296 g/mol. The Balaban J connectivity index is 2.28. The van der Waals surface area contributed by atoms with Crippen molar-refractivity contribution in [3.8, 4) is 0 Å². The molecule has 0 fully saturated rings. The van der Waals surface area contributed by atoms with E-state index in [9.17, 15) is 8.42 Å². The van der Waals surface area contributed by atoms with Crippen LogP contribution in [0.2, 0.25) is 0 Å². The van der Waals surface area contributed by atoms with Gasteiger partial charge in [0.1, 0.15) is 0 Å². The molecule has 0 atom stereocenters. The van der Waals surface area contributed by atoms with E-state index in [4.69, 9.17) is 0 Å². The number of rotatable bonds is 6. The van der Waals surface area contributed by atoms with Crippen molar-refractivity contribution in [2.45, 2.75) is 25.7 Å². The van der Waals surface area contributed by atoms with Crippen LogP contribution in [0.15, 0.2) is 53.4 Å². The Labute approximate surface area is 132 Å². The van der Waals surface area contributed by atoms with Gasteiger partial charge in [0.05, 0.1) is 10.6 Å². The summed E-state index contributed by atoms with van der Waals surface area (Å²) in [7, 11) is -3.54. The Morgan fingerprint density at radius 2 is 1.64 bits per heavy atom. The van der Waals surface area contributed by atoms with Gasteiger partial charge in [-0.05, 0) is 56.7 Å². The van der Waals surface area contributed by atoms with Crippen molar-refractivity contribution in [2.24, 2.45) is 0 Å². The predicted octanol–water partition coefficient (Wildman–Crippen LogP) is 3.64. The minimum Gasteiger partial charge on any atom is -0.372 e. The molecule has 0 saturated carbocycles. The maximum Gasteiger partial charge on any atom is 0.261 e. The van der Waals surface area contributed by atoms with Gasteiger partial charge in [-0.2, -0.15) is 0 Å². The number of nitrogens with one attached hydrogen (secondary N) is 1. The Bertz CT molecular complexity index is 724. The van der Waals surface area contributed by atoms with Crippen LogP contribution < -0.4 is 9.62 Å². The second-order valence-electron chi connectivity index (χ2n) is 5.09. The Hall–Kier alpha value is -2.01. The van der Waals surface area contributed by atoms with Gasteiger partial charge < -0.3 is 4.90 Å². The first-order valence-electron chi connectivity index (χ1n) is 7.41. The van der Waals surface area contributed by atoms with E-state index in [1.165, 1.54) is 0 Å². The highest BCUT2D eigenvalue weighted by Gasteiger charge is 2.15. The zero-order chi connectivity index (χ0) is 16.2. The van der Waals surface area contributed by atoms with Gasteiger partial charge in [0, 0.05) is 18.8 Å². The van der Waals surface area contributed by atoms with Crippen molar-refractivity contribution < 1.29 is 8.42 Å². The van der Waals surface area contributed by atoms with E-state index >= 15 is 0 Å². The molecule has 1 N–H and O–H groups in total. The van der Waals surface area contributed by atoms with E-state index in [1.807, 2.05) is 25.1 Å². The summed E-state index contributed by atoms with van der Waals surface area (Å²) in [6.45, 7) is 7.96. The van der Waals surface area contributed by atoms with Gasteiger partial charge >= 0.3 is 0 Å². The van der Waals surface area contributed by atoms with Crippen LogP contribution in [0.25, 0.3) is 0 Å². The van der Waals surface area contributed by atoms with Crippen LogP contribution in [0.5, 0.6) is 0 Å². The molecule has 0 radical (unpaired) electrons. The topological polar surface area (TPSA) is 49.4 Å². The number of aryl methyl sites for hydroxylation is 1. The number of benzene rings is 2. The summed E-state index contributed by atoms with van der Waals surface area (Å²) in [6, 6.07) is 14.2. The number of hydrogen-bond donors (Lipinski definition) is 1. The first-order valence-corrected chi connectivity index (χ1v) is 8.89. The molecule has 0 aromatic heterocycles. The van der Waals surface area contributed by atoms with Crippen LogP contribution in [0.3, 0.4) is 0 Å². The molecule has 118 valence electrons. The van der Waals surface area contributed by atoms with Gasteiger partial charge in [-0.15, -0.1) is 0 Å². The van der Waals surface area contributed by atoms with Crippen LogP contribution in [0.4, 0.5) is 11.4 Å². The SMILES string of the molecule is CCN(CC)c1ccc(NS(=O)(=O)c2ccccc2)c(C)c1. The molecule has 0 amide bonds. The fraction of sp³-hybridized carbons (Fsp3) is 0.294. The molecule has 0 aliphatic rings. The van der Waals surface area contributed by atoms with Gasteiger partial charge in [0.25, 0.3) is 10.0 Å². The second kappa shape index (κ2) is 6.83. The van der Waals surface area contributed by atoms with Crippen LogP contribution in [0.1, 0.15) is 19.4 Å². The summed E-state index contributed by atoms with van der Waals surface area (Å²) < 4.78 is 27.4. The number of anilines is 2. The fourth-order valence-corrected chi connectivity index (χ4v) is 3.50. The minimum atomic E-state index is -3.54. The summed E-state index contributed by atoms with van der Waals surface area (Å²) in [5.41, 5.74) is 2.62. The van der Waals surface area contributed by atoms with Crippen molar-refractivity contribution in [1.82, 2.24) is 0 Å². The van der Waals surface area contributed by atoms with E-state index in [2.05, 4.69) is 23.5 Å². The van der Waals surface area contributed by atoms with E-state index < -0.39 is 10.0 Å². The summed E-state index contributed by atoms with van der Waals surface area (Å²) in [5.74, 6) is 0. The molecular formula is C17H22N2O2S. The van der Waals surface area contributed by atoms with Crippen LogP contribution >= 0.6 is 0 Å². The van der Waals surface area contributed by atoms with Crippen molar-refractivity contribution >= 4 is 21.4 Å². The monoisotopic (exact) mass is 318 g/mol. The summed E-state index contributed by atoms with van der Waals surface area (Å²) >= 11 is 0. The van der Waals surface area contributed by atoms with Gasteiger partial charge in [0.2, 0.25) is 0 Å². The van der Waals surface area contributed by atoms with E-state index in [1.54, 1.807) is 30.3 Å². The van der Waals surface area contributed by atoms with Crippen molar-refractivity contribution in [1.29, 1.82) is 0 Å². The molecule has 0 spiro atoms. The molecule has 2 aromatic rings. The summed E-state index contributed by atoms with van der Waals surface area (Å²) in [4.78, 5) is 2.49. The van der Waals surface area contributed by atoms with E-state index in [-0.39, 0.29) is 4.90 Å². The van der Waals surface area contributed by atoms with Gasteiger partial charge in [0.15, 0.2) is 0 Å². The lowest BCUT2D eigenvalue weighted by Gasteiger charge is -2.22. The molecule has 0 saturated heterocycles. The van der Waals surface area contributed by atoms with Crippen molar-refractivity contribution in [3.05, 3.63) is 54.1 Å². The lowest BCUT2D eigenvalue weighted by Crippen LogP contribution is -2.22. The third-order valence-electron chi connectivity index (χ3n) is 3.64. The fourth-order valence-electron chi connectivity index (χ4n) is 2.35. The highest BCUT2D eigenvalue weighted by molar-refractivity contribution is 7.92. The molecule has 0 aliphatic heterocycles. The largest absolute Gasteiger partial charge is 0.372 e. The Morgan fingerprint density at radius 3 is 2.18 bits per heavy atom. The van der Waals surface area contributed by atoms with Gasteiger partial charge in [-0.25, -0.2) is 8.42 Å². The highest BCUT2D eigenvalue weighted by Crippen LogP contribution is 2.24. The van der Waals surface area contributed by atoms with Crippen LogP contribution in [-0.2, 0) is 10.0 Å². The van der Waals surface area contributed by atoms with Crippen molar-refractivity contribution in [2.75, 3.05) is 22.7 Å². The molecule has 0 aliphatic carbocycles. The quantitative estimate of drug-likeness (QED) is 0.884. The second-order valence-corrected chi connectivity index (χ2v) is 6.77. The highest BCUT2D eigenvalue weighted by atomic mass is 32.2. The molecule has 0 heterocycles. The normalized spacial score (nSPS) is 11.2. The summed E-state index contributed by atoms with van der Waals surface area (Å²) in [5, 5.41) is 0. The standard InChI is InChI=1S/C17H22N2O2S/c1-4-19(5-2)15-11-12-17(14(3)13-15)18-22(20,21)16-9-7-6-8-10-16/h6-13,18H,4-5H2,1-3H3. The van der Waals surface area contributed by atoms with E-state index in [0.29, 0.717) is 5.69 Å². The molecule has 4 nitrogen and oxygen atoms in total. The molecule has 22 heavy (non-hydrogen) atoms. The lowest BCUT2D eigenvalue weighted by atomic mass is 10.1. The van der Waals surface area contributed by atoms with E-state index in [0.717, 1.165) is 24.3 Å². The first kappa shape index (κ1) is 16.4. The number of nitrogens with zero attached hydrogens (tertiary/aromatic N) is 1. The summed E-state index contributed by atoms with van der Waals surface area (Å²) in [6.07, 6.45) is 0. The zero-order valence-corrected chi connectivity index (χ0v) is 14.0. The number of hydrogen-bond acceptors (Lipinski definition) is 3. The smallest absolute Gasteiger partial charge is 0.261 e.